The van der Waals surface area contributed by atoms with Crippen molar-refractivity contribution in [1.29, 1.82) is 0 Å². The molecule has 2 heterocycles. The van der Waals surface area contributed by atoms with E-state index in [9.17, 15) is 8.42 Å². The minimum absolute atomic E-state index is 0.185. The molecule has 0 amide bonds. The summed E-state index contributed by atoms with van der Waals surface area (Å²) in [6.07, 6.45) is 0. The maximum Gasteiger partial charge on any atom is 0.279 e. The predicted molar refractivity (Wildman–Crippen MR) is 52.3 cm³/mol. The molecule has 1 fully saturated rings. The molecule has 78 valence electrons. The van der Waals surface area contributed by atoms with Crippen LogP contribution in [0.5, 0.6) is 0 Å². The second kappa shape index (κ2) is 3.70. The molecule has 6 nitrogen and oxygen atoms in total. The van der Waals surface area contributed by atoms with Crippen LogP contribution in [0.2, 0.25) is 4.34 Å². The van der Waals surface area contributed by atoms with Gasteiger partial charge in [-0.15, -0.1) is 5.10 Å². The number of rotatable bonds is 2. The van der Waals surface area contributed by atoms with Crippen molar-refractivity contribution in [3.05, 3.63) is 10.0 Å². The van der Waals surface area contributed by atoms with Gasteiger partial charge >= 0.3 is 0 Å². The van der Waals surface area contributed by atoms with Gasteiger partial charge in [-0.1, -0.05) is 16.1 Å². The van der Waals surface area contributed by atoms with Crippen LogP contribution in [0.4, 0.5) is 0 Å². The molecule has 1 N–H and O–H groups in total. The molecule has 14 heavy (non-hydrogen) atoms. The van der Waals surface area contributed by atoms with E-state index < -0.39 is 10.2 Å². The summed E-state index contributed by atoms with van der Waals surface area (Å²) in [5.41, 5.74) is 0.504. The van der Waals surface area contributed by atoms with E-state index in [2.05, 4.69) is 14.3 Å². The third kappa shape index (κ3) is 1.89. The smallest absolute Gasteiger partial charge is 0.201 e. The first-order valence-electron chi connectivity index (χ1n) is 3.81. The van der Waals surface area contributed by atoms with E-state index in [0.717, 1.165) is 11.5 Å². The molecule has 9 heteroatoms. The quantitative estimate of drug-likeness (QED) is 0.796. The summed E-state index contributed by atoms with van der Waals surface area (Å²) in [5, 5.41) is 3.75. The molecule has 1 aliphatic heterocycles. The zero-order chi connectivity index (χ0) is 10.2. The Hall–Kier alpha value is -0.280. The molecule has 0 aliphatic carbocycles. The van der Waals surface area contributed by atoms with E-state index in [1.54, 1.807) is 0 Å². The Kier molecular flexibility index (Phi) is 2.71. The first kappa shape index (κ1) is 10.2. The molecule has 0 radical (unpaired) electrons. The normalized spacial score (nSPS) is 21.5. The van der Waals surface area contributed by atoms with Gasteiger partial charge in [-0.05, 0) is 0 Å². The summed E-state index contributed by atoms with van der Waals surface area (Å²) in [5.74, 6) is 0. The van der Waals surface area contributed by atoms with Gasteiger partial charge in [0.15, 0.2) is 0 Å². The minimum atomic E-state index is -3.32. The van der Waals surface area contributed by atoms with Crippen molar-refractivity contribution in [2.24, 2.45) is 0 Å². The SMILES string of the molecule is O=S1(=O)NCCN1Cc1nnsc1Cl. The van der Waals surface area contributed by atoms with Crippen LogP contribution in [0.15, 0.2) is 0 Å². The molecule has 1 aliphatic rings. The molecule has 2 rings (SSSR count). The van der Waals surface area contributed by atoms with Gasteiger partial charge in [-0.25, -0.2) is 4.72 Å². The average molecular weight is 255 g/mol. The predicted octanol–water partition coefficient (Wildman–Crippen LogP) is -0.159. The Morgan fingerprint density at radius 1 is 1.64 bits per heavy atom. The fourth-order valence-electron chi connectivity index (χ4n) is 1.13. The van der Waals surface area contributed by atoms with Crippen LogP contribution in [0.3, 0.4) is 0 Å². The molecule has 0 aromatic carbocycles. The van der Waals surface area contributed by atoms with Crippen LogP contribution in [0.1, 0.15) is 5.69 Å². The maximum absolute atomic E-state index is 11.3. The van der Waals surface area contributed by atoms with Crippen LogP contribution in [-0.2, 0) is 16.8 Å². The summed E-state index contributed by atoms with van der Waals surface area (Å²) < 4.78 is 30.4. The lowest BCUT2D eigenvalue weighted by molar-refractivity contribution is 0.441. The van der Waals surface area contributed by atoms with Crippen molar-refractivity contribution in [3.63, 3.8) is 0 Å². The Labute approximate surface area is 90.2 Å². The van der Waals surface area contributed by atoms with Crippen molar-refractivity contribution < 1.29 is 8.42 Å². The van der Waals surface area contributed by atoms with Crippen molar-refractivity contribution in [1.82, 2.24) is 18.6 Å². The van der Waals surface area contributed by atoms with Crippen LogP contribution >= 0.6 is 23.1 Å². The minimum Gasteiger partial charge on any atom is -0.201 e. The topological polar surface area (TPSA) is 75.2 Å². The highest BCUT2D eigenvalue weighted by Crippen LogP contribution is 2.20. The third-order valence-corrected chi connectivity index (χ3v) is 4.37. The fourth-order valence-corrected chi connectivity index (χ4v) is 2.90. The molecule has 0 unspecified atom stereocenters. The van der Waals surface area contributed by atoms with Crippen molar-refractivity contribution in [3.8, 4) is 0 Å². The number of hydrogen-bond acceptors (Lipinski definition) is 5. The lowest BCUT2D eigenvalue weighted by atomic mass is 10.5. The van der Waals surface area contributed by atoms with Crippen LogP contribution in [-0.4, -0.2) is 35.4 Å². The summed E-state index contributed by atoms with van der Waals surface area (Å²) in [6.45, 7) is 1.05. The maximum atomic E-state index is 11.3. The van der Waals surface area contributed by atoms with Gasteiger partial charge < -0.3 is 0 Å². The van der Waals surface area contributed by atoms with Crippen LogP contribution in [0, 0.1) is 0 Å². The number of nitrogens with one attached hydrogen (secondary N) is 1. The van der Waals surface area contributed by atoms with Gasteiger partial charge in [-0.2, -0.15) is 12.7 Å². The largest absolute Gasteiger partial charge is 0.279 e. The average Bonchev–Trinajstić information content (AvgIpc) is 2.62. The molecule has 1 saturated heterocycles. The van der Waals surface area contributed by atoms with E-state index in [1.807, 2.05) is 0 Å². The zero-order valence-corrected chi connectivity index (χ0v) is 9.36. The first-order chi connectivity index (χ1) is 6.59. The summed E-state index contributed by atoms with van der Waals surface area (Å²) in [6, 6.07) is 0. The van der Waals surface area contributed by atoms with E-state index in [4.69, 9.17) is 11.6 Å². The number of nitrogens with zero attached hydrogens (tertiary/aromatic N) is 3. The van der Waals surface area contributed by atoms with Crippen molar-refractivity contribution in [2.75, 3.05) is 13.1 Å². The second-order valence-electron chi connectivity index (χ2n) is 2.73. The van der Waals surface area contributed by atoms with Gasteiger partial charge in [0.05, 0.1) is 6.54 Å². The van der Waals surface area contributed by atoms with Gasteiger partial charge in [0.2, 0.25) is 0 Å². The highest BCUT2D eigenvalue weighted by atomic mass is 35.5. The number of aromatic nitrogens is 2. The molecule has 0 saturated carbocycles. The highest BCUT2D eigenvalue weighted by Gasteiger charge is 2.28. The standard InChI is InChI=1S/C5H7ClN4O2S2/c6-5-4(8-9-13-5)3-10-2-1-7-14(10,11)12/h7H,1-3H2. The van der Waals surface area contributed by atoms with Gasteiger partial charge in [-0.3, -0.25) is 0 Å². The van der Waals surface area contributed by atoms with Gasteiger partial charge in [0.1, 0.15) is 10.0 Å². The summed E-state index contributed by atoms with van der Waals surface area (Å²) >= 11 is 6.81. The van der Waals surface area contributed by atoms with E-state index >= 15 is 0 Å². The summed E-state index contributed by atoms with van der Waals surface area (Å²) in [7, 11) is -3.32. The Balaban J connectivity index is 2.16. The molecular weight excluding hydrogens is 248 g/mol. The van der Waals surface area contributed by atoms with Gasteiger partial charge in [0.25, 0.3) is 10.2 Å². The van der Waals surface area contributed by atoms with Crippen LogP contribution < -0.4 is 4.72 Å². The monoisotopic (exact) mass is 254 g/mol. The van der Waals surface area contributed by atoms with Gasteiger partial charge in [0, 0.05) is 24.6 Å². The van der Waals surface area contributed by atoms with Crippen molar-refractivity contribution >= 4 is 33.3 Å². The molecule has 1 aromatic heterocycles. The second-order valence-corrected chi connectivity index (χ2v) is 5.84. The lowest BCUT2D eigenvalue weighted by Crippen LogP contribution is -2.29. The fraction of sp³-hybridized carbons (Fsp3) is 0.600. The van der Waals surface area contributed by atoms with Crippen molar-refractivity contribution in [2.45, 2.75) is 6.54 Å². The molecule has 1 aromatic rings. The van der Waals surface area contributed by atoms with E-state index in [-0.39, 0.29) is 6.54 Å². The third-order valence-electron chi connectivity index (χ3n) is 1.82. The Morgan fingerprint density at radius 2 is 2.43 bits per heavy atom. The summed E-state index contributed by atoms with van der Waals surface area (Å²) in [4.78, 5) is 0. The number of halogens is 1. The van der Waals surface area contributed by atoms with Crippen LogP contribution in [0.25, 0.3) is 0 Å². The molecule has 0 bridgehead atoms. The first-order valence-corrected chi connectivity index (χ1v) is 6.40. The lowest BCUT2D eigenvalue weighted by Gasteiger charge is -2.10. The zero-order valence-electron chi connectivity index (χ0n) is 6.97. The number of hydrogen-bond donors (Lipinski definition) is 1. The molecule has 0 spiro atoms. The Bertz CT molecular complexity index is 431. The van der Waals surface area contributed by atoms with E-state index in [1.165, 1.54) is 4.31 Å². The molecule has 0 atom stereocenters. The molecular formula is C5H7ClN4O2S2. The van der Waals surface area contributed by atoms with E-state index in [0.29, 0.717) is 23.1 Å². The highest BCUT2D eigenvalue weighted by molar-refractivity contribution is 7.87. The Morgan fingerprint density at radius 3 is 2.93 bits per heavy atom.